The first kappa shape index (κ1) is 19.1. The van der Waals surface area contributed by atoms with Crippen molar-refractivity contribution in [2.24, 2.45) is 5.92 Å². The number of ether oxygens (including phenoxy) is 2. The fraction of sp³-hybridized carbons (Fsp3) is 0.526. The van der Waals surface area contributed by atoms with Crippen LogP contribution in [0.3, 0.4) is 0 Å². The van der Waals surface area contributed by atoms with E-state index in [9.17, 15) is 14.4 Å². The quantitative estimate of drug-likeness (QED) is 0.534. The van der Waals surface area contributed by atoms with Crippen LogP contribution in [0.15, 0.2) is 24.3 Å². The normalized spacial score (nSPS) is 14.2. The fourth-order valence-corrected chi connectivity index (χ4v) is 2.64. The maximum absolute atomic E-state index is 12.5. The third-order valence-electron chi connectivity index (χ3n) is 4.03. The van der Waals surface area contributed by atoms with Gasteiger partial charge in [-0.3, -0.25) is 14.5 Å². The number of esters is 1. The summed E-state index contributed by atoms with van der Waals surface area (Å²) in [7, 11) is 0. The molecule has 0 aliphatic carbocycles. The number of amides is 2. The third kappa shape index (κ3) is 4.45. The van der Waals surface area contributed by atoms with E-state index in [1.807, 2.05) is 0 Å². The molecule has 2 amide bonds. The summed E-state index contributed by atoms with van der Waals surface area (Å²) in [5.41, 5.74) is -0.0758. The Bertz CT molecular complexity index is 631. The van der Waals surface area contributed by atoms with Crippen molar-refractivity contribution in [1.29, 1.82) is 0 Å². The van der Waals surface area contributed by atoms with Crippen molar-refractivity contribution in [2.45, 2.75) is 39.7 Å². The molecule has 1 aromatic rings. The van der Waals surface area contributed by atoms with E-state index in [0.29, 0.717) is 23.7 Å². The van der Waals surface area contributed by atoms with Crippen LogP contribution >= 0.6 is 0 Å². The zero-order chi connectivity index (χ0) is 18.6. The largest absolute Gasteiger partial charge is 0.464 e. The molecule has 0 aromatic heterocycles. The highest BCUT2D eigenvalue weighted by molar-refractivity contribution is 6.21. The van der Waals surface area contributed by atoms with Crippen molar-refractivity contribution < 1.29 is 23.9 Å². The Morgan fingerprint density at radius 1 is 1.12 bits per heavy atom. The molecule has 6 heteroatoms. The molecule has 0 N–H and O–H groups in total. The van der Waals surface area contributed by atoms with Crippen LogP contribution in [0.1, 0.15) is 54.8 Å². The number of benzene rings is 1. The van der Waals surface area contributed by atoms with E-state index in [1.54, 1.807) is 38.1 Å². The first-order valence-electron chi connectivity index (χ1n) is 8.45. The molecule has 0 radical (unpaired) electrons. The van der Waals surface area contributed by atoms with Crippen LogP contribution in [0.5, 0.6) is 0 Å². The number of nitrogens with zero attached hydrogens (tertiary/aromatic N) is 1. The molecule has 1 aromatic carbocycles. The summed E-state index contributed by atoms with van der Waals surface area (Å²) in [6, 6.07) is 6.73. The van der Waals surface area contributed by atoms with Gasteiger partial charge in [0.05, 0.1) is 29.9 Å². The van der Waals surface area contributed by atoms with Crippen molar-refractivity contribution in [1.82, 2.24) is 4.90 Å². The second-order valence-corrected chi connectivity index (χ2v) is 7.20. The lowest BCUT2D eigenvalue weighted by atomic mass is 10.0. The molecule has 0 atom stereocenters. The van der Waals surface area contributed by atoms with Gasteiger partial charge in [-0.1, -0.05) is 26.0 Å². The van der Waals surface area contributed by atoms with E-state index < -0.39 is 11.5 Å². The van der Waals surface area contributed by atoms with Crippen molar-refractivity contribution in [2.75, 3.05) is 19.8 Å². The molecule has 6 nitrogen and oxygen atoms in total. The topological polar surface area (TPSA) is 72.9 Å². The minimum absolute atomic E-state index is 0.0533. The maximum Gasteiger partial charge on any atom is 0.332 e. The zero-order valence-electron chi connectivity index (χ0n) is 15.2. The highest BCUT2D eigenvalue weighted by Gasteiger charge is 2.44. The summed E-state index contributed by atoms with van der Waals surface area (Å²) in [4.78, 5) is 37.9. The maximum atomic E-state index is 12.5. The van der Waals surface area contributed by atoms with Crippen LogP contribution in [-0.4, -0.2) is 48.0 Å². The lowest BCUT2D eigenvalue weighted by Gasteiger charge is -2.33. The molecule has 1 heterocycles. The SMILES string of the molecule is CC(C)CCOC(=O)COCC(C)(C)N1C(=O)c2ccccc2C1=O. The standard InChI is InChI=1S/C19H25NO5/c1-13(2)9-10-25-16(21)11-24-12-19(3,4)20-17(22)14-7-5-6-8-15(14)18(20)23/h5-8,13H,9-12H2,1-4H3. The number of carbonyl (C=O) groups excluding carboxylic acids is 3. The number of rotatable bonds is 8. The number of carbonyl (C=O) groups is 3. The number of imide groups is 1. The monoisotopic (exact) mass is 347 g/mol. The summed E-state index contributed by atoms with van der Waals surface area (Å²) in [6.45, 7) is 7.78. The summed E-state index contributed by atoms with van der Waals surface area (Å²) >= 11 is 0. The Balaban J connectivity index is 1.89. The fourth-order valence-electron chi connectivity index (χ4n) is 2.64. The van der Waals surface area contributed by atoms with Crippen LogP contribution in [0.4, 0.5) is 0 Å². The van der Waals surface area contributed by atoms with Gasteiger partial charge >= 0.3 is 5.97 Å². The van der Waals surface area contributed by atoms with Crippen molar-refractivity contribution in [3.8, 4) is 0 Å². The smallest absolute Gasteiger partial charge is 0.332 e. The highest BCUT2D eigenvalue weighted by Crippen LogP contribution is 2.29. The van der Waals surface area contributed by atoms with E-state index in [4.69, 9.17) is 9.47 Å². The molecule has 136 valence electrons. The first-order chi connectivity index (χ1) is 11.7. The van der Waals surface area contributed by atoms with Gasteiger partial charge < -0.3 is 9.47 Å². The molecule has 0 unspecified atom stereocenters. The molecule has 0 saturated heterocycles. The number of hydrogen-bond donors (Lipinski definition) is 0. The van der Waals surface area contributed by atoms with E-state index in [0.717, 1.165) is 6.42 Å². The van der Waals surface area contributed by atoms with Gasteiger partial charge in [-0.25, -0.2) is 4.79 Å². The molecule has 1 aliphatic rings. The van der Waals surface area contributed by atoms with Gasteiger partial charge in [0.2, 0.25) is 0 Å². The van der Waals surface area contributed by atoms with Gasteiger partial charge in [-0.15, -0.1) is 0 Å². The Labute approximate surface area is 148 Å². The van der Waals surface area contributed by atoms with Crippen LogP contribution in [0.2, 0.25) is 0 Å². The lowest BCUT2D eigenvalue weighted by molar-refractivity contribution is -0.150. The average molecular weight is 347 g/mol. The minimum Gasteiger partial charge on any atom is -0.464 e. The van der Waals surface area contributed by atoms with Crippen LogP contribution < -0.4 is 0 Å². The number of fused-ring (bicyclic) bond motifs is 1. The number of hydrogen-bond acceptors (Lipinski definition) is 5. The summed E-state index contributed by atoms with van der Waals surface area (Å²) in [6.07, 6.45) is 0.798. The van der Waals surface area contributed by atoms with Crippen molar-refractivity contribution in [3.05, 3.63) is 35.4 Å². The molecular weight excluding hydrogens is 322 g/mol. The Morgan fingerprint density at radius 2 is 1.68 bits per heavy atom. The summed E-state index contributed by atoms with van der Waals surface area (Å²) in [5, 5.41) is 0. The average Bonchev–Trinajstić information content (AvgIpc) is 2.79. The van der Waals surface area contributed by atoms with E-state index in [2.05, 4.69) is 13.8 Å². The van der Waals surface area contributed by atoms with Gasteiger partial charge in [0, 0.05) is 0 Å². The minimum atomic E-state index is -0.870. The van der Waals surface area contributed by atoms with E-state index in [1.165, 1.54) is 4.90 Å². The third-order valence-corrected chi connectivity index (χ3v) is 4.03. The lowest BCUT2D eigenvalue weighted by Crippen LogP contribution is -2.50. The van der Waals surface area contributed by atoms with E-state index in [-0.39, 0.29) is 25.0 Å². The summed E-state index contributed by atoms with van der Waals surface area (Å²) in [5.74, 6) is -0.664. The zero-order valence-corrected chi connectivity index (χ0v) is 15.2. The molecule has 0 spiro atoms. The molecule has 2 rings (SSSR count). The van der Waals surface area contributed by atoms with Crippen LogP contribution in [0.25, 0.3) is 0 Å². The van der Waals surface area contributed by atoms with Gasteiger partial charge in [-0.2, -0.15) is 0 Å². The van der Waals surface area contributed by atoms with Gasteiger partial charge in [-0.05, 0) is 38.3 Å². The molecular formula is C19H25NO5. The van der Waals surface area contributed by atoms with Crippen molar-refractivity contribution >= 4 is 17.8 Å². The van der Waals surface area contributed by atoms with Gasteiger partial charge in [0.25, 0.3) is 11.8 Å². The first-order valence-corrected chi connectivity index (χ1v) is 8.45. The Morgan fingerprint density at radius 3 is 2.20 bits per heavy atom. The van der Waals surface area contributed by atoms with Crippen LogP contribution in [0, 0.1) is 5.92 Å². The molecule has 1 aliphatic heterocycles. The van der Waals surface area contributed by atoms with Gasteiger partial charge in [0.15, 0.2) is 0 Å². The summed E-state index contributed by atoms with van der Waals surface area (Å²) < 4.78 is 10.5. The molecule has 0 saturated carbocycles. The van der Waals surface area contributed by atoms with E-state index >= 15 is 0 Å². The predicted octanol–water partition coefficient (Wildman–Crippen LogP) is 2.67. The second-order valence-electron chi connectivity index (χ2n) is 7.20. The Hall–Kier alpha value is -2.21. The molecule has 0 bridgehead atoms. The predicted molar refractivity (Wildman–Crippen MR) is 92.3 cm³/mol. The molecule has 25 heavy (non-hydrogen) atoms. The van der Waals surface area contributed by atoms with Crippen molar-refractivity contribution in [3.63, 3.8) is 0 Å². The molecule has 0 fully saturated rings. The van der Waals surface area contributed by atoms with Gasteiger partial charge in [0.1, 0.15) is 6.61 Å². The second kappa shape index (κ2) is 7.78. The Kier molecular flexibility index (Phi) is 5.95. The highest BCUT2D eigenvalue weighted by atomic mass is 16.6. The van der Waals surface area contributed by atoms with Crippen LogP contribution in [-0.2, 0) is 14.3 Å².